The van der Waals surface area contributed by atoms with Crippen LogP contribution in [0.15, 0.2) is 84.9 Å². The minimum Gasteiger partial charge on any atom is -0.445 e. The van der Waals surface area contributed by atoms with E-state index in [0.717, 1.165) is 16.7 Å². The molecule has 3 aromatic rings. The topological polar surface area (TPSA) is 85.7 Å². The molecule has 1 atom stereocenters. The van der Waals surface area contributed by atoms with Crippen LogP contribution in [0.4, 0.5) is 4.79 Å². The number of rotatable bonds is 9. The molecule has 2 amide bonds. The Morgan fingerprint density at radius 1 is 0.971 bits per heavy atom. The lowest BCUT2D eigenvalue weighted by atomic mass is 10.1. The Bertz CT molecular complexity index is 1140. The highest BCUT2D eigenvalue weighted by Gasteiger charge is 2.28. The number of likely N-dealkylation sites (N-methyl/N-ethyl adjacent to an activating group) is 1. The molecule has 8 heteroatoms. The first-order chi connectivity index (χ1) is 16.5. The van der Waals surface area contributed by atoms with Crippen molar-refractivity contribution >= 4 is 23.6 Å². The number of ether oxygens (including phenoxy) is 1. The van der Waals surface area contributed by atoms with Gasteiger partial charge in [0.05, 0.1) is 6.54 Å². The maximum absolute atomic E-state index is 13.4. The Labute approximate surface area is 204 Å². The van der Waals surface area contributed by atoms with Crippen LogP contribution in [-0.4, -0.2) is 35.1 Å². The summed E-state index contributed by atoms with van der Waals surface area (Å²) in [5.41, 5.74) is 2.46. The SMILES string of the molecule is CN(C(=O)[C@H](Cc1ccccc1)NC(=O)OCc1ccccc1)N(C#N)Cc1cccc(Cl)c1. The predicted molar refractivity (Wildman–Crippen MR) is 129 cm³/mol. The van der Waals surface area contributed by atoms with E-state index in [1.807, 2.05) is 72.9 Å². The zero-order valence-electron chi connectivity index (χ0n) is 18.7. The van der Waals surface area contributed by atoms with Crippen molar-refractivity contribution in [2.45, 2.75) is 25.6 Å². The summed E-state index contributed by atoms with van der Waals surface area (Å²) in [7, 11) is 1.49. The van der Waals surface area contributed by atoms with Crippen molar-refractivity contribution in [3.05, 3.63) is 107 Å². The van der Waals surface area contributed by atoms with Gasteiger partial charge in [-0.3, -0.25) is 4.79 Å². The summed E-state index contributed by atoms with van der Waals surface area (Å²) < 4.78 is 5.31. The number of alkyl carbamates (subject to hydrolysis) is 1. The highest BCUT2D eigenvalue weighted by molar-refractivity contribution is 6.30. The highest BCUT2D eigenvalue weighted by Crippen LogP contribution is 2.14. The van der Waals surface area contributed by atoms with E-state index in [2.05, 4.69) is 5.32 Å². The lowest BCUT2D eigenvalue weighted by molar-refractivity contribution is -0.143. The molecular formula is C26H25ClN4O3. The summed E-state index contributed by atoms with van der Waals surface area (Å²) in [6.07, 6.45) is 1.54. The molecule has 0 aliphatic rings. The molecule has 0 aromatic heterocycles. The normalized spacial score (nSPS) is 11.1. The fourth-order valence-corrected chi connectivity index (χ4v) is 3.53. The highest BCUT2D eigenvalue weighted by atomic mass is 35.5. The van der Waals surface area contributed by atoms with Gasteiger partial charge in [0.1, 0.15) is 12.6 Å². The first-order valence-electron chi connectivity index (χ1n) is 10.7. The van der Waals surface area contributed by atoms with Crippen molar-refractivity contribution in [1.82, 2.24) is 15.3 Å². The molecule has 7 nitrogen and oxygen atoms in total. The molecule has 3 aromatic carbocycles. The number of nitrogens with zero attached hydrogens (tertiary/aromatic N) is 3. The molecule has 174 valence electrons. The second-order valence-corrected chi connectivity index (χ2v) is 8.03. The number of nitriles is 1. The number of hydrogen-bond acceptors (Lipinski definition) is 5. The number of halogens is 1. The van der Waals surface area contributed by atoms with Crippen molar-refractivity contribution in [3.8, 4) is 6.19 Å². The van der Waals surface area contributed by atoms with Gasteiger partial charge in [-0.05, 0) is 28.8 Å². The fourth-order valence-electron chi connectivity index (χ4n) is 3.32. The van der Waals surface area contributed by atoms with Gasteiger partial charge in [0.2, 0.25) is 0 Å². The average molecular weight is 477 g/mol. The van der Waals surface area contributed by atoms with Crippen LogP contribution in [0.25, 0.3) is 0 Å². The second kappa shape index (κ2) is 12.3. The third kappa shape index (κ3) is 7.26. The molecule has 0 unspecified atom stereocenters. The van der Waals surface area contributed by atoms with Crippen molar-refractivity contribution in [2.75, 3.05) is 7.05 Å². The lowest BCUT2D eigenvalue weighted by Gasteiger charge is -2.30. The molecule has 0 radical (unpaired) electrons. The van der Waals surface area contributed by atoms with E-state index in [1.165, 1.54) is 17.1 Å². The van der Waals surface area contributed by atoms with Crippen LogP contribution in [0.1, 0.15) is 16.7 Å². The van der Waals surface area contributed by atoms with Crippen LogP contribution in [-0.2, 0) is 29.1 Å². The zero-order valence-corrected chi connectivity index (χ0v) is 19.5. The fraction of sp³-hybridized carbons (Fsp3) is 0.192. The van der Waals surface area contributed by atoms with E-state index in [1.54, 1.807) is 18.2 Å². The Hall–Kier alpha value is -4.02. The number of hydrogen-bond donors (Lipinski definition) is 1. The molecule has 0 spiro atoms. The van der Waals surface area contributed by atoms with Gasteiger partial charge in [-0.15, -0.1) is 0 Å². The van der Waals surface area contributed by atoms with Gasteiger partial charge >= 0.3 is 6.09 Å². The summed E-state index contributed by atoms with van der Waals surface area (Å²) in [5, 5.41) is 15.3. The zero-order chi connectivity index (χ0) is 24.3. The largest absolute Gasteiger partial charge is 0.445 e. The van der Waals surface area contributed by atoms with Crippen molar-refractivity contribution in [3.63, 3.8) is 0 Å². The molecular weight excluding hydrogens is 452 g/mol. The molecule has 0 saturated carbocycles. The third-order valence-electron chi connectivity index (χ3n) is 5.10. The van der Waals surface area contributed by atoms with Gasteiger partial charge in [-0.25, -0.2) is 14.8 Å². The average Bonchev–Trinajstić information content (AvgIpc) is 2.86. The van der Waals surface area contributed by atoms with Crippen molar-refractivity contribution in [2.24, 2.45) is 0 Å². The standard InChI is InChI=1S/C26H25ClN4O3/c1-30(31(19-28)17-22-13-8-14-23(27)15-22)25(32)24(16-20-9-4-2-5-10-20)29-26(33)34-18-21-11-6-3-7-12-21/h2-15,24H,16-18H2,1H3,(H,29,33)/t24-/m0/s1. The van der Waals surface area contributed by atoms with Crippen molar-refractivity contribution < 1.29 is 14.3 Å². The predicted octanol–water partition coefficient (Wildman–Crippen LogP) is 4.53. The molecule has 0 bridgehead atoms. The van der Waals surface area contributed by atoms with Gasteiger partial charge in [-0.1, -0.05) is 84.4 Å². The molecule has 3 rings (SSSR count). The molecule has 0 heterocycles. The number of carbonyl (C=O) groups excluding carboxylic acids is 2. The Morgan fingerprint density at radius 3 is 2.21 bits per heavy atom. The smallest absolute Gasteiger partial charge is 0.408 e. The Morgan fingerprint density at radius 2 is 1.59 bits per heavy atom. The van der Waals surface area contributed by atoms with Crippen LogP contribution in [0.3, 0.4) is 0 Å². The van der Waals surface area contributed by atoms with Gasteiger partial charge in [-0.2, -0.15) is 5.26 Å². The van der Waals surface area contributed by atoms with Crippen LogP contribution < -0.4 is 5.32 Å². The van der Waals surface area contributed by atoms with Crippen LogP contribution in [0.5, 0.6) is 0 Å². The molecule has 34 heavy (non-hydrogen) atoms. The summed E-state index contributed by atoms with van der Waals surface area (Å²) in [4.78, 5) is 25.9. The number of nitrogens with one attached hydrogen (secondary N) is 1. The molecule has 0 aliphatic carbocycles. The summed E-state index contributed by atoms with van der Waals surface area (Å²) in [5.74, 6) is -0.455. The summed E-state index contributed by atoms with van der Waals surface area (Å²) >= 11 is 6.04. The molecule has 0 saturated heterocycles. The van der Waals surface area contributed by atoms with Crippen LogP contribution >= 0.6 is 11.6 Å². The number of carbonyl (C=O) groups is 2. The first kappa shape index (κ1) is 24.6. The molecule has 1 N–H and O–H groups in total. The summed E-state index contributed by atoms with van der Waals surface area (Å²) in [6.45, 7) is 0.226. The van der Waals surface area contributed by atoms with E-state index in [9.17, 15) is 14.9 Å². The van der Waals surface area contributed by atoms with E-state index in [4.69, 9.17) is 16.3 Å². The molecule has 0 aliphatic heterocycles. The van der Waals surface area contributed by atoms with Crippen LogP contribution in [0.2, 0.25) is 5.02 Å². The third-order valence-corrected chi connectivity index (χ3v) is 5.34. The Balaban J connectivity index is 1.71. The van der Waals surface area contributed by atoms with E-state index < -0.39 is 18.0 Å². The minimum atomic E-state index is -0.939. The monoisotopic (exact) mass is 476 g/mol. The van der Waals surface area contributed by atoms with Gasteiger partial charge in [0.25, 0.3) is 5.91 Å². The van der Waals surface area contributed by atoms with E-state index >= 15 is 0 Å². The summed E-state index contributed by atoms with van der Waals surface area (Å²) in [6, 6.07) is 24.7. The maximum Gasteiger partial charge on any atom is 0.408 e. The van der Waals surface area contributed by atoms with Gasteiger partial charge in [0, 0.05) is 18.5 Å². The number of amides is 2. The lowest BCUT2D eigenvalue weighted by Crippen LogP contribution is -2.52. The maximum atomic E-state index is 13.4. The number of benzene rings is 3. The minimum absolute atomic E-state index is 0.0772. The number of hydrazine groups is 1. The van der Waals surface area contributed by atoms with Gasteiger partial charge < -0.3 is 10.1 Å². The van der Waals surface area contributed by atoms with E-state index in [0.29, 0.717) is 5.02 Å². The van der Waals surface area contributed by atoms with Crippen molar-refractivity contribution in [1.29, 1.82) is 5.26 Å². The van der Waals surface area contributed by atoms with E-state index in [-0.39, 0.29) is 19.6 Å². The van der Waals surface area contributed by atoms with Gasteiger partial charge in [0.15, 0.2) is 6.19 Å². The van der Waals surface area contributed by atoms with Crippen LogP contribution in [0, 0.1) is 11.5 Å². The quantitative estimate of drug-likeness (QED) is 0.278. The second-order valence-electron chi connectivity index (χ2n) is 7.60. The Kier molecular flexibility index (Phi) is 8.89. The first-order valence-corrected chi connectivity index (χ1v) is 11.0. The molecule has 0 fully saturated rings.